The quantitative estimate of drug-likeness (QED) is 0.461. The summed E-state index contributed by atoms with van der Waals surface area (Å²) in [5, 5.41) is 3.54. The number of hydrogen-bond acceptors (Lipinski definition) is 4. The number of pyridine rings is 1. The monoisotopic (exact) mass is 361 g/mol. The largest absolute Gasteiger partial charge is 0.494 e. The highest BCUT2D eigenvalue weighted by atomic mass is 32.2. The second kappa shape index (κ2) is 5.35. The van der Waals surface area contributed by atoms with E-state index in [1.165, 1.54) is 26.8 Å². The molecular formula is C21H20BNO2S. The van der Waals surface area contributed by atoms with Gasteiger partial charge in [0.15, 0.2) is 0 Å². The molecule has 0 atom stereocenters. The lowest BCUT2D eigenvalue weighted by Gasteiger charge is -2.32. The molecule has 5 rings (SSSR count). The fraction of sp³-hybridized carbons (Fsp3) is 0.286. The van der Waals surface area contributed by atoms with Crippen molar-refractivity contribution in [2.45, 2.75) is 48.8 Å². The molecule has 2 aromatic carbocycles. The van der Waals surface area contributed by atoms with Crippen LogP contribution in [0.5, 0.6) is 0 Å². The first-order chi connectivity index (χ1) is 12.4. The van der Waals surface area contributed by atoms with Crippen LogP contribution in [0.25, 0.3) is 21.9 Å². The lowest BCUT2D eigenvalue weighted by molar-refractivity contribution is 0.00578. The van der Waals surface area contributed by atoms with Crippen molar-refractivity contribution >= 4 is 35.1 Å². The van der Waals surface area contributed by atoms with Gasteiger partial charge in [0.05, 0.1) is 11.2 Å². The fourth-order valence-electron chi connectivity index (χ4n) is 3.58. The molecule has 130 valence electrons. The maximum Gasteiger partial charge on any atom is 0.494 e. The van der Waals surface area contributed by atoms with Gasteiger partial charge in [-0.2, -0.15) is 0 Å². The summed E-state index contributed by atoms with van der Waals surface area (Å²) in [6, 6.07) is 15.0. The van der Waals surface area contributed by atoms with Crippen LogP contribution in [0.2, 0.25) is 0 Å². The van der Waals surface area contributed by atoms with E-state index >= 15 is 0 Å². The minimum Gasteiger partial charge on any atom is -0.399 e. The first-order valence-corrected chi connectivity index (χ1v) is 9.73. The summed E-state index contributed by atoms with van der Waals surface area (Å²) in [4.78, 5) is 5.81. The van der Waals surface area contributed by atoms with Crippen LogP contribution in [-0.4, -0.2) is 23.3 Å². The van der Waals surface area contributed by atoms with Crippen molar-refractivity contribution in [1.29, 1.82) is 0 Å². The van der Waals surface area contributed by atoms with Crippen molar-refractivity contribution in [2.24, 2.45) is 0 Å². The predicted octanol–water partition coefficient (Wildman–Crippen LogP) is 4.67. The van der Waals surface area contributed by atoms with Crippen molar-refractivity contribution in [3.63, 3.8) is 0 Å². The molecule has 1 fully saturated rings. The number of benzene rings is 2. The third-order valence-electron chi connectivity index (χ3n) is 5.78. The molecule has 0 radical (unpaired) electrons. The van der Waals surface area contributed by atoms with Gasteiger partial charge in [0.2, 0.25) is 0 Å². The molecule has 0 unspecified atom stereocenters. The predicted molar refractivity (Wildman–Crippen MR) is 107 cm³/mol. The van der Waals surface area contributed by atoms with Crippen molar-refractivity contribution in [3.8, 4) is 11.1 Å². The van der Waals surface area contributed by atoms with Crippen LogP contribution in [-0.2, 0) is 9.31 Å². The molecular weight excluding hydrogens is 341 g/mol. The van der Waals surface area contributed by atoms with Crippen LogP contribution < -0.4 is 5.46 Å². The highest BCUT2D eigenvalue weighted by molar-refractivity contribution is 7.99. The normalized spacial score (nSPS) is 19.6. The minimum atomic E-state index is -0.343. The molecule has 3 nitrogen and oxygen atoms in total. The molecule has 0 spiro atoms. The van der Waals surface area contributed by atoms with E-state index in [9.17, 15) is 0 Å². The first kappa shape index (κ1) is 16.4. The SMILES string of the molecule is CC1(C)OB(c2ccc3c(c2)-c2cccc4ccnc(c24)S3)OC1(C)C. The Morgan fingerprint density at radius 1 is 0.923 bits per heavy atom. The third kappa shape index (κ3) is 2.27. The van der Waals surface area contributed by atoms with Gasteiger partial charge in [0, 0.05) is 16.5 Å². The molecule has 2 aliphatic rings. The Morgan fingerprint density at radius 2 is 1.69 bits per heavy atom. The minimum absolute atomic E-state index is 0.334. The average molecular weight is 361 g/mol. The van der Waals surface area contributed by atoms with E-state index in [1.807, 2.05) is 6.20 Å². The van der Waals surface area contributed by atoms with Crippen molar-refractivity contribution in [2.75, 3.05) is 0 Å². The van der Waals surface area contributed by atoms with Crippen molar-refractivity contribution in [1.82, 2.24) is 4.98 Å². The lowest BCUT2D eigenvalue weighted by Crippen LogP contribution is -2.41. The maximum absolute atomic E-state index is 6.24. The van der Waals surface area contributed by atoms with Crippen LogP contribution >= 0.6 is 11.8 Å². The molecule has 0 saturated carbocycles. The summed E-state index contributed by atoms with van der Waals surface area (Å²) in [6.45, 7) is 8.35. The Hall–Kier alpha value is -1.82. The highest BCUT2D eigenvalue weighted by Gasteiger charge is 2.51. The Morgan fingerprint density at radius 3 is 2.46 bits per heavy atom. The van der Waals surface area contributed by atoms with E-state index in [0.717, 1.165) is 10.5 Å². The highest BCUT2D eigenvalue weighted by Crippen LogP contribution is 2.46. The van der Waals surface area contributed by atoms with Crippen LogP contribution in [0, 0.1) is 0 Å². The van der Waals surface area contributed by atoms with Gasteiger partial charge in [-0.05, 0) is 61.8 Å². The second-order valence-corrected chi connectivity index (χ2v) is 9.00. The molecule has 2 aliphatic heterocycles. The summed E-state index contributed by atoms with van der Waals surface area (Å²) < 4.78 is 12.5. The topological polar surface area (TPSA) is 31.4 Å². The van der Waals surface area contributed by atoms with Gasteiger partial charge in [-0.1, -0.05) is 42.1 Å². The van der Waals surface area contributed by atoms with Crippen LogP contribution in [0.1, 0.15) is 27.7 Å². The molecule has 3 aromatic rings. The number of nitrogens with zero attached hydrogens (tertiary/aromatic N) is 1. The van der Waals surface area contributed by atoms with E-state index in [-0.39, 0.29) is 18.3 Å². The van der Waals surface area contributed by atoms with E-state index in [1.54, 1.807) is 11.8 Å². The van der Waals surface area contributed by atoms with Crippen molar-refractivity contribution in [3.05, 3.63) is 48.7 Å². The van der Waals surface area contributed by atoms with Gasteiger partial charge in [0.25, 0.3) is 0 Å². The zero-order valence-electron chi connectivity index (χ0n) is 15.4. The summed E-state index contributed by atoms with van der Waals surface area (Å²) in [7, 11) is -0.343. The van der Waals surface area contributed by atoms with Gasteiger partial charge in [-0.15, -0.1) is 0 Å². The summed E-state index contributed by atoms with van der Waals surface area (Å²) in [5.41, 5.74) is 2.86. The molecule has 0 N–H and O–H groups in total. The smallest absolute Gasteiger partial charge is 0.399 e. The maximum atomic E-state index is 6.24. The summed E-state index contributed by atoms with van der Waals surface area (Å²) >= 11 is 1.73. The standard InChI is InChI=1S/C21H20BNO2S/c1-20(2)21(3,4)25-22(24-20)14-8-9-17-16(12-14)15-7-5-6-13-10-11-23-19(26-17)18(13)15/h5-12H,1-4H3. The van der Waals surface area contributed by atoms with E-state index in [2.05, 4.69) is 75.1 Å². The molecule has 1 aromatic heterocycles. The second-order valence-electron chi connectivity index (χ2n) is 7.97. The van der Waals surface area contributed by atoms with E-state index in [0.29, 0.717) is 0 Å². The van der Waals surface area contributed by atoms with Crippen LogP contribution in [0.3, 0.4) is 0 Å². The fourth-order valence-corrected chi connectivity index (χ4v) is 4.64. The molecule has 26 heavy (non-hydrogen) atoms. The molecule has 0 amide bonds. The Balaban J connectivity index is 1.64. The molecule has 5 heteroatoms. The van der Waals surface area contributed by atoms with Gasteiger partial charge in [-0.25, -0.2) is 4.98 Å². The van der Waals surface area contributed by atoms with Gasteiger partial charge in [-0.3, -0.25) is 0 Å². The molecule has 0 bridgehead atoms. The first-order valence-electron chi connectivity index (χ1n) is 8.91. The van der Waals surface area contributed by atoms with E-state index in [4.69, 9.17) is 9.31 Å². The Labute approximate surface area is 158 Å². The third-order valence-corrected chi connectivity index (χ3v) is 6.86. The Kier molecular flexibility index (Phi) is 3.37. The lowest BCUT2D eigenvalue weighted by atomic mass is 9.77. The molecule has 1 saturated heterocycles. The van der Waals surface area contributed by atoms with Gasteiger partial charge >= 0.3 is 7.12 Å². The van der Waals surface area contributed by atoms with Crippen LogP contribution in [0.4, 0.5) is 0 Å². The summed E-state index contributed by atoms with van der Waals surface area (Å²) in [5.74, 6) is 0. The zero-order chi connectivity index (χ0) is 18.1. The van der Waals surface area contributed by atoms with Gasteiger partial charge in [0.1, 0.15) is 5.03 Å². The number of rotatable bonds is 1. The van der Waals surface area contributed by atoms with E-state index < -0.39 is 0 Å². The average Bonchev–Trinajstić information content (AvgIpc) is 2.83. The van der Waals surface area contributed by atoms with Gasteiger partial charge < -0.3 is 9.31 Å². The number of fused-ring (bicyclic) bond motifs is 2. The van der Waals surface area contributed by atoms with Crippen molar-refractivity contribution < 1.29 is 9.31 Å². The van der Waals surface area contributed by atoms with Crippen LogP contribution in [0.15, 0.2) is 58.6 Å². The Bertz CT molecular complexity index is 1030. The molecule has 3 heterocycles. The number of aromatic nitrogens is 1. The zero-order valence-corrected chi connectivity index (χ0v) is 16.2. The molecule has 0 aliphatic carbocycles. The summed E-state index contributed by atoms with van der Waals surface area (Å²) in [6.07, 6.45) is 1.89. The number of hydrogen-bond donors (Lipinski definition) is 0.